The fourth-order valence-corrected chi connectivity index (χ4v) is 2.45. The Morgan fingerprint density at radius 1 is 1.18 bits per heavy atom. The fraction of sp³-hybridized carbons (Fsp3) is 0.333. The van der Waals surface area contributed by atoms with Crippen LogP contribution in [0.1, 0.15) is 26.3 Å². The summed E-state index contributed by atoms with van der Waals surface area (Å²) < 4.78 is 13.4. The van der Waals surface area contributed by atoms with Gasteiger partial charge in [-0.3, -0.25) is 0 Å². The number of rotatable bonds is 5. The molecule has 0 bridgehead atoms. The van der Waals surface area contributed by atoms with E-state index >= 15 is 0 Å². The second-order valence-electron chi connectivity index (χ2n) is 6.04. The Labute approximate surface area is 136 Å². The summed E-state index contributed by atoms with van der Waals surface area (Å²) in [5, 5.41) is 10.5. The molecule has 0 saturated heterocycles. The molecule has 0 fully saturated rings. The van der Waals surface area contributed by atoms with Gasteiger partial charge in [-0.25, -0.2) is 4.39 Å². The second kappa shape index (κ2) is 6.67. The van der Waals surface area contributed by atoms with Crippen LogP contribution in [0.15, 0.2) is 48.5 Å². The van der Waals surface area contributed by atoms with Gasteiger partial charge in [0.15, 0.2) is 0 Å². The van der Waals surface area contributed by atoms with Gasteiger partial charge in [0.1, 0.15) is 5.82 Å². The molecule has 1 unspecified atom stereocenters. The minimum Gasteiger partial charge on any atom is -0.388 e. The molecular formula is C18H21ClFNO. The molecule has 0 aliphatic carbocycles. The average molecular weight is 322 g/mol. The summed E-state index contributed by atoms with van der Waals surface area (Å²) in [5.74, 6) is -0.444. The Morgan fingerprint density at radius 3 is 2.36 bits per heavy atom. The molecule has 0 aliphatic rings. The zero-order valence-electron chi connectivity index (χ0n) is 13.1. The van der Waals surface area contributed by atoms with Crippen molar-refractivity contribution in [3.05, 3.63) is 64.9 Å². The van der Waals surface area contributed by atoms with Crippen LogP contribution in [-0.4, -0.2) is 16.7 Å². The zero-order chi connectivity index (χ0) is 16.3. The largest absolute Gasteiger partial charge is 0.388 e. The second-order valence-corrected chi connectivity index (χ2v) is 6.45. The van der Waals surface area contributed by atoms with E-state index in [2.05, 4.69) is 0 Å². The normalized spacial score (nSPS) is 13.0. The third kappa shape index (κ3) is 3.99. The third-order valence-electron chi connectivity index (χ3n) is 3.92. The lowest BCUT2D eigenvalue weighted by atomic mass is 9.97. The Balaban J connectivity index is 2.38. The first-order valence-electron chi connectivity index (χ1n) is 7.27. The van der Waals surface area contributed by atoms with Gasteiger partial charge in [0, 0.05) is 12.2 Å². The molecule has 2 rings (SSSR count). The zero-order valence-corrected chi connectivity index (χ0v) is 13.8. The van der Waals surface area contributed by atoms with Gasteiger partial charge in [0.25, 0.3) is 0 Å². The van der Waals surface area contributed by atoms with Crippen molar-refractivity contribution in [1.82, 2.24) is 0 Å². The highest BCUT2D eigenvalue weighted by Gasteiger charge is 2.29. The number of nitrogens with zero attached hydrogens (tertiary/aromatic N) is 1. The highest BCUT2D eigenvalue weighted by molar-refractivity contribution is 6.31. The van der Waals surface area contributed by atoms with E-state index in [1.54, 1.807) is 26.0 Å². The van der Waals surface area contributed by atoms with Crippen molar-refractivity contribution < 1.29 is 9.50 Å². The number of benzene rings is 2. The molecule has 0 saturated carbocycles. The smallest absolute Gasteiger partial charge is 0.141 e. The predicted molar refractivity (Wildman–Crippen MR) is 89.8 cm³/mol. The Morgan fingerprint density at radius 2 is 1.82 bits per heavy atom. The first kappa shape index (κ1) is 16.8. The number of anilines is 1. The lowest BCUT2D eigenvalue weighted by Crippen LogP contribution is -2.47. The third-order valence-corrected chi connectivity index (χ3v) is 4.21. The molecule has 0 aromatic heterocycles. The molecule has 0 amide bonds. The van der Waals surface area contributed by atoms with Crippen LogP contribution in [0.2, 0.25) is 5.02 Å². The molecule has 22 heavy (non-hydrogen) atoms. The SMILES string of the molecule is CC(N(Cc1ccccc1)c1ccc(F)c(Cl)c1)C(C)(C)O. The van der Waals surface area contributed by atoms with Crippen molar-refractivity contribution >= 4 is 17.3 Å². The highest BCUT2D eigenvalue weighted by Crippen LogP contribution is 2.28. The van der Waals surface area contributed by atoms with Crippen molar-refractivity contribution in [3.8, 4) is 0 Å². The monoisotopic (exact) mass is 321 g/mol. The van der Waals surface area contributed by atoms with E-state index in [0.717, 1.165) is 11.3 Å². The van der Waals surface area contributed by atoms with E-state index in [9.17, 15) is 9.50 Å². The summed E-state index contributed by atoms with van der Waals surface area (Å²) in [4.78, 5) is 2.03. The maximum absolute atomic E-state index is 13.4. The average Bonchev–Trinajstić information content (AvgIpc) is 2.47. The Bertz CT molecular complexity index is 625. The van der Waals surface area contributed by atoms with Gasteiger partial charge in [-0.15, -0.1) is 0 Å². The molecule has 1 atom stereocenters. The van der Waals surface area contributed by atoms with Gasteiger partial charge in [0.05, 0.1) is 16.7 Å². The first-order valence-corrected chi connectivity index (χ1v) is 7.65. The van der Waals surface area contributed by atoms with Crippen molar-refractivity contribution in [2.45, 2.75) is 39.0 Å². The van der Waals surface area contributed by atoms with E-state index in [-0.39, 0.29) is 11.1 Å². The van der Waals surface area contributed by atoms with Crippen LogP contribution in [0, 0.1) is 5.82 Å². The van der Waals surface area contributed by atoms with E-state index < -0.39 is 11.4 Å². The van der Waals surface area contributed by atoms with Gasteiger partial charge in [-0.1, -0.05) is 41.9 Å². The Kier molecular flexibility index (Phi) is 5.09. The van der Waals surface area contributed by atoms with Crippen LogP contribution in [0.4, 0.5) is 10.1 Å². The van der Waals surface area contributed by atoms with Crippen molar-refractivity contribution in [3.63, 3.8) is 0 Å². The molecule has 2 aromatic rings. The van der Waals surface area contributed by atoms with E-state index in [4.69, 9.17) is 11.6 Å². The molecule has 0 spiro atoms. The molecular weight excluding hydrogens is 301 g/mol. The first-order chi connectivity index (χ1) is 10.3. The number of hydrogen-bond donors (Lipinski definition) is 1. The molecule has 0 heterocycles. The van der Waals surface area contributed by atoms with Crippen LogP contribution in [-0.2, 0) is 6.54 Å². The standard InChI is InChI=1S/C18H21ClFNO/c1-13(18(2,3)22)21(12-14-7-5-4-6-8-14)15-9-10-17(20)16(19)11-15/h4-11,13,22H,12H2,1-3H3. The van der Waals surface area contributed by atoms with E-state index in [0.29, 0.717) is 6.54 Å². The van der Waals surface area contributed by atoms with Gasteiger partial charge in [0.2, 0.25) is 0 Å². The molecule has 4 heteroatoms. The van der Waals surface area contributed by atoms with Crippen LogP contribution >= 0.6 is 11.6 Å². The van der Waals surface area contributed by atoms with Gasteiger partial charge in [-0.05, 0) is 44.5 Å². The summed E-state index contributed by atoms with van der Waals surface area (Å²) >= 11 is 5.92. The molecule has 1 N–H and O–H groups in total. The van der Waals surface area contributed by atoms with Gasteiger partial charge < -0.3 is 10.0 Å². The quantitative estimate of drug-likeness (QED) is 0.866. The molecule has 0 aliphatic heterocycles. The van der Waals surface area contributed by atoms with Crippen molar-refractivity contribution in [2.75, 3.05) is 4.90 Å². The number of aliphatic hydroxyl groups is 1. The lowest BCUT2D eigenvalue weighted by molar-refractivity contribution is 0.0543. The maximum Gasteiger partial charge on any atom is 0.141 e. The van der Waals surface area contributed by atoms with Crippen LogP contribution in [0.3, 0.4) is 0 Å². The van der Waals surface area contributed by atoms with Gasteiger partial charge in [-0.2, -0.15) is 0 Å². The van der Waals surface area contributed by atoms with E-state index in [1.165, 1.54) is 6.07 Å². The molecule has 0 radical (unpaired) electrons. The summed E-state index contributed by atoms with van der Waals surface area (Å²) in [5.41, 5.74) is 0.985. The fourth-order valence-electron chi connectivity index (χ4n) is 2.28. The van der Waals surface area contributed by atoms with Gasteiger partial charge >= 0.3 is 0 Å². The van der Waals surface area contributed by atoms with Crippen molar-refractivity contribution in [2.24, 2.45) is 0 Å². The Hall–Kier alpha value is -1.58. The maximum atomic E-state index is 13.4. The highest BCUT2D eigenvalue weighted by atomic mass is 35.5. The summed E-state index contributed by atoms with van der Waals surface area (Å²) in [6, 6.07) is 14.4. The number of hydrogen-bond acceptors (Lipinski definition) is 2. The van der Waals surface area contributed by atoms with Crippen LogP contribution in [0.25, 0.3) is 0 Å². The summed E-state index contributed by atoms with van der Waals surface area (Å²) in [6.45, 7) is 6.08. The minimum atomic E-state index is -0.907. The predicted octanol–water partition coefficient (Wildman–Crippen LogP) is 4.65. The lowest BCUT2D eigenvalue weighted by Gasteiger charge is -2.38. The van der Waals surface area contributed by atoms with E-state index in [1.807, 2.05) is 42.2 Å². The van der Waals surface area contributed by atoms with Crippen LogP contribution < -0.4 is 4.90 Å². The molecule has 2 nitrogen and oxygen atoms in total. The van der Waals surface area contributed by atoms with Crippen LogP contribution in [0.5, 0.6) is 0 Å². The minimum absolute atomic E-state index is 0.0820. The summed E-state index contributed by atoms with van der Waals surface area (Å²) in [6.07, 6.45) is 0. The molecule has 2 aromatic carbocycles. The molecule has 118 valence electrons. The van der Waals surface area contributed by atoms with Crippen molar-refractivity contribution in [1.29, 1.82) is 0 Å². The topological polar surface area (TPSA) is 23.5 Å². The summed E-state index contributed by atoms with van der Waals surface area (Å²) in [7, 11) is 0. The number of halogens is 2.